The first kappa shape index (κ1) is 21.6. The lowest BCUT2D eigenvalue weighted by Crippen LogP contribution is -2.48. The van der Waals surface area contributed by atoms with E-state index in [2.05, 4.69) is 17.8 Å². The third-order valence-electron chi connectivity index (χ3n) is 4.12. The number of aryl methyl sites for hydroxylation is 3. The quantitative estimate of drug-likeness (QED) is 0.692. The number of nitrogens with one attached hydrogen (secondary N) is 2. The Morgan fingerprint density at radius 1 is 1.04 bits per heavy atom. The molecule has 150 valence electrons. The molecule has 2 amide bonds. The predicted molar refractivity (Wildman–Crippen MR) is 109 cm³/mol. The van der Waals surface area contributed by atoms with Gasteiger partial charge in [-0.25, -0.2) is 0 Å². The van der Waals surface area contributed by atoms with Crippen LogP contribution in [0.15, 0.2) is 36.4 Å². The third kappa shape index (κ3) is 6.16. The normalized spacial score (nSPS) is 11.5. The zero-order valence-corrected chi connectivity index (χ0v) is 17.2. The summed E-state index contributed by atoms with van der Waals surface area (Å²) in [6, 6.07) is 11.0. The Morgan fingerprint density at radius 3 is 2.21 bits per heavy atom. The van der Waals surface area contributed by atoms with E-state index in [1.54, 1.807) is 19.1 Å². The number of halogens is 1. The number of hydrogen-bond acceptors (Lipinski definition) is 4. The van der Waals surface area contributed by atoms with E-state index in [9.17, 15) is 9.59 Å². The van der Waals surface area contributed by atoms with Gasteiger partial charge in [-0.3, -0.25) is 20.4 Å². The van der Waals surface area contributed by atoms with Crippen LogP contribution >= 0.6 is 11.6 Å². The van der Waals surface area contributed by atoms with Crippen LogP contribution in [0.1, 0.15) is 30.5 Å². The van der Waals surface area contributed by atoms with Crippen molar-refractivity contribution in [2.45, 2.75) is 40.2 Å². The molecule has 0 fully saturated rings. The second-order valence-corrected chi connectivity index (χ2v) is 6.83. The monoisotopic (exact) mass is 404 g/mol. The van der Waals surface area contributed by atoms with Gasteiger partial charge in [0.25, 0.3) is 11.8 Å². The fourth-order valence-corrected chi connectivity index (χ4v) is 2.58. The largest absolute Gasteiger partial charge is 0.484 e. The molecule has 0 aromatic heterocycles. The summed E-state index contributed by atoms with van der Waals surface area (Å²) in [7, 11) is 0. The van der Waals surface area contributed by atoms with Crippen molar-refractivity contribution in [3.8, 4) is 11.5 Å². The minimum atomic E-state index is -0.768. The summed E-state index contributed by atoms with van der Waals surface area (Å²) in [6.45, 7) is 7.15. The third-order valence-corrected chi connectivity index (χ3v) is 4.71. The van der Waals surface area contributed by atoms with Gasteiger partial charge in [-0.05, 0) is 68.1 Å². The molecule has 0 aliphatic heterocycles. The van der Waals surface area contributed by atoms with Gasteiger partial charge in [-0.1, -0.05) is 30.7 Å². The molecular formula is C21H25ClN2O4. The Bertz CT molecular complexity index is 814. The summed E-state index contributed by atoms with van der Waals surface area (Å²) in [5, 5.41) is 0.669. The van der Waals surface area contributed by atoms with Crippen LogP contribution in [0.25, 0.3) is 0 Å². The van der Waals surface area contributed by atoms with Gasteiger partial charge in [0.2, 0.25) is 0 Å². The molecule has 0 bridgehead atoms. The predicted octanol–water partition coefficient (Wildman–Crippen LogP) is 3.51. The molecule has 0 saturated heterocycles. The van der Waals surface area contributed by atoms with E-state index in [1.807, 2.05) is 38.1 Å². The summed E-state index contributed by atoms with van der Waals surface area (Å²) >= 11 is 6.11. The summed E-state index contributed by atoms with van der Waals surface area (Å²) < 4.78 is 11.0. The van der Waals surface area contributed by atoms with Gasteiger partial charge in [-0.2, -0.15) is 0 Å². The zero-order valence-electron chi connectivity index (χ0n) is 16.5. The maximum atomic E-state index is 12.1. The molecule has 0 heterocycles. The summed E-state index contributed by atoms with van der Waals surface area (Å²) in [5.74, 6) is 0.167. The average molecular weight is 405 g/mol. The first-order chi connectivity index (χ1) is 13.3. The molecule has 0 unspecified atom stereocenters. The fourth-order valence-electron chi connectivity index (χ4n) is 2.47. The summed E-state index contributed by atoms with van der Waals surface area (Å²) in [6.07, 6.45) is 0.162. The van der Waals surface area contributed by atoms with E-state index >= 15 is 0 Å². The highest BCUT2D eigenvalue weighted by Crippen LogP contribution is 2.25. The number of hydrogen-bond donors (Lipinski definition) is 2. The highest BCUT2D eigenvalue weighted by atomic mass is 35.5. The standard InChI is InChI=1S/C21H25ClN2O4/c1-5-16-6-8-17(9-7-16)28-15(4)21(26)24-23-19(25)12-27-18-10-13(2)20(22)14(3)11-18/h6-11,15H,5,12H2,1-4H3,(H,23,25)(H,24,26)/t15-/m0/s1. The molecule has 2 aromatic carbocycles. The van der Waals surface area contributed by atoms with E-state index in [0.717, 1.165) is 17.5 Å². The molecule has 0 spiro atoms. The van der Waals surface area contributed by atoms with Crippen molar-refractivity contribution in [1.29, 1.82) is 0 Å². The molecule has 1 atom stereocenters. The van der Waals surface area contributed by atoms with E-state index in [0.29, 0.717) is 16.5 Å². The van der Waals surface area contributed by atoms with E-state index in [1.165, 1.54) is 5.56 Å². The van der Waals surface area contributed by atoms with Crippen LogP contribution in [0.3, 0.4) is 0 Å². The van der Waals surface area contributed by atoms with Gasteiger partial charge in [0.15, 0.2) is 12.7 Å². The molecular weight excluding hydrogens is 380 g/mol. The Morgan fingerprint density at radius 2 is 1.64 bits per heavy atom. The lowest BCUT2D eigenvalue weighted by molar-refractivity contribution is -0.133. The molecule has 2 aromatic rings. The number of rotatable bonds is 7. The van der Waals surface area contributed by atoms with Crippen molar-refractivity contribution >= 4 is 23.4 Å². The molecule has 0 radical (unpaired) electrons. The zero-order chi connectivity index (χ0) is 20.7. The number of carbonyl (C=O) groups excluding carboxylic acids is 2. The maximum Gasteiger partial charge on any atom is 0.279 e. The van der Waals surface area contributed by atoms with Gasteiger partial charge < -0.3 is 9.47 Å². The van der Waals surface area contributed by atoms with Crippen LogP contribution in [0.4, 0.5) is 0 Å². The number of benzene rings is 2. The van der Waals surface area contributed by atoms with Crippen LogP contribution in [-0.2, 0) is 16.0 Å². The van der Waals surface area contributed by atoms with Crippen LogP contribution in [0.5, 0.6) is 11.5 Å². The van der Waals surface area contributed by atoms with Gasteiger partial charge in [-0.15, -0.1) is 0 Å². The first-order valence-electron chi connectivity index (χ1n) is 9.04. The van der Waals surface area contributed by atoms with Gasteiger partial charge in [0.05, 0.1) is 0 Å². The second kappa shape index (κ2) is 9.99. The van der Waals surface area contributed by atoms with Crippen LogP contribution in [-0.4, -0.2) is 24.5 Å². The highest BCUT2D eigenvalue weighted by Gasteiger charge is 2.15. The first-order valence-corrected chi connectivity index (χ1v) is 9.41. The van der Waals surface area contributed by atoms with Gasteiger partial charge in [0.1, 0.15) is 11.5 Å². The minimum Gasteiger partial charge on any atom is -0.484 e. The van der Waals surface area contributed by atoms with Crippen LogP contribution < -0.4 is 20.3 Å². The minimum absolute atomic E-state index is 0.242. The van der Waals surface area contributed by atoms with Crippen molar-refractivity contribution in [3.05, 3.63) is 58.1 Å². The Hall–Kier alpha value is -2.73. The summed E-state index contributed by atoms with van der Waals surface area (Å²) in [5.41, 5.74) is 7.55. The lowest BCUT2D eigenvalue weighted by Gasteiger charge is -2.15. The van der Waals surface area contributed by atoms with Crippen LogP contribution in [0.2, 0.25) is 5.02 Å². The Labute approximate surface area is 170 Å². The summed E-state index contributed by atoms with van der Waals surface area (Å²) in [4.78, 5) is 24.0. The molecule has 28 heavy (non-hydrogen) atoms. The van der Waals surface area contributed by atoms with Crippen molar-refractivity contribution in [3.63, 3.8) is 0 Å². The molecule has 2 rings (SSSR count). The van der Waals surface area contributed by atoms with E-state index < -0.39 is 17.9 Å². The Kier molecular flexibility index (Phi) is 7.70. The molecule has 2 N–H and O–H groups in total. The van der Waals surface area contributed by atoms with Gasteiger partial charge in [0, 0.05) is 5.02 Å². The number of hydrazine groups is 1. The lowest BCUT2D eigenvalue weighted by atomic mass is 10.1. The number of amides is 2. The highest BCUT2D eigenvalue weighted by molar-refractivity contribution is 6.32. The molecule has 0 aliphatic carbocycles. The van der Waals surface area contributed by atoms with Crippen LogP contribution in [0, 0.1) is 13.8 Å². The topological polar surface area (TPSA) is 76.7 Å². The maximum absolute atomic E-state index is 12.1. The molecule has 0 aliphatic rings. The van der Waals surface area contributed by atoms with E-state index in [-0.39, 0.29) is 6.61 Å². The Balaban J connectivity index is 1.77. The molecule has 6 nitrogen and oxygen atoms in total. The van der Waals surface area contributed by atoms with Crippen molar-refractivity contribution in [2.75, 3.05) is 6.61 Å². The average Bonchev–Trinajstić information content (AvgIpc) is 2.68. The molecule has 7 heteroatoms. The second-order valence-electron chi connectivity index (χ2n) is 6.45. The number of ether oxygens (including phenoxy) is 2. The smallest absolute Gasteiger partial charge is 0.279 e. The molecule has 0 saturated carbocycles. The van der Waals surface area contributed by atoms with E-state index in [4.69, 9.17) is 21.1 Å². The van der Waals surface area contributed by atoms with Gasteiger partial charge >= 0.3 is 0 Å². The fraction of sp³-hybridized carbons (Fsp3) is 0.333. The van der Waals surface area contributed by atoms with Crippen molar-refractivity contribution < 1.29 is 19.1 Å². The van der Waals surface area contributed by atoms with Crippen molar-refractivity contribution in [2.24, 2.45) is 0 Å². The number of carbonyl (C=O) groups is 2. The van der Waals surface area contributed by atoms with Crippen molar-refractivity contribution in [1.82, 2.24) is 10.9 Å². The SMILES string of the molecule is CCc1ccc(O[C@@H](C)C(=O)NNC(=O)COc2cc(C)c(Cl)c(C)c2)cc1.